The van der Waals surface area contributed by atoms with Crippen molar-refractivity contribution in [1.82, 2.24) is 14.8 Å². The summed E-state index contributed by atoms with van der Waals surface area (Å²) >= 11 is 0. The molecule has 1 unspecified atom stereocenters. The largest absolute Gasteiger partial charge is 0.354 e. The molecule has 0 radical (unpaired) electrons. The van der Waals surface area contributed by atoms with Crippen molar-refractivity contribution in [2.75, 3.05) is 18.4 Å². The third-order valence-electron chi connectivity index (χ3n) is 3.37. The second-order valence-electron chi connectivity index (χ2n) is 4.70. The van der Waals surface area contributed by atoms with Crippen LogP contribution in [0.2, 0.25) is 0 Å². The lowest BCUT2D eigenvalue weighted by Gasteiger charge is -2.25. The van der Waals surface area contributed by atoms with Gasteiger partial charge in [0.2, 0.25) is 5.95 Å². The van der Waals surface area contributed by atoms with E-state index in [0.717, 1.165) is 0 Å². The number of nitrogens with zero attached hydrogens (tertiary/aromatic N) is 3. The third kappa shape index (κ3) is 2.14. The second-order valence-corrected chi connectivity index (χ2v) is 4.70. The zero-order valence-electron chi connectivity index (χ0n) is 10.8. The van der Waals surface area contributed by atoms with E-state index in [9.17, 15) is 8.78 Å². The predicted molar refractivity (Wildman–Crippen MR) is 70.4 cm³/mol. The third-order valence-corrected chi connectivity index (χ3v) is 3.37. The first-order valence-corrected chi connectivity index (χ1v) is 6.54. The van der Waals surface area contributed by atoms with Crippen molar-refractivity contribution < 1.29 is 8.78 Å². The maximum Gasteiger partial charge on any atom is 0.221 e. The Morgan fingerprint density at radius 2 is 2.10 bits per heavy atom. The number of rotatable bonds is 3. The van der Waals surface area contributed by atoms with Crippen LogP contribution >= 0.6 is 0 Å². The summed E-state index contributed by atoms with van der Waals surface area (Å²) in [6.45, 7) is 1.03. The molecule has 0 saturated heterocycles. The first-order valence-electron chi connectivity index (χ1n) is 6.54. The number of nitrogens with one attached hydrogen (secondary N) is 1. The standard InChI is InChI=1S/C13H15F2N5/c14-8-2-1-3-9(15)12(8)10-5-7-17-13-18-11(4-6-16)19-20(10)13/h1-3,10H,4-7,16H2,(H,17,18,19). The molecule has 0 spiro atoms. The van der Waals surface area contributed by atoms with Crippen LogP contribution in [0, 0.1) is 11.6 Å². The number of halogens is 2. The van der Waals surface area contributed by atoms with Crippen molar-refractivity contribution in [3.05, 3.63) is 41.2 Å². The molecule has 0 fully saturated rings. The van der Waals surface area contributed by atoms with Crippen molar-refractivity contribution in [3.63, 3.8) is 0 Å². The van der Waals surface area contributed by atoms with E-state index in [-0.39, 0.29) is 5.56 Å². The molecule has 1 aliphatic rings. The van der Waals surface area contributed by atoms with E-state index in [1.54, 1.807) is 4.68 Å². The fourth-order valence-electron chi connectivity index (χ4n) is 2.48. The van der Waals surface area contributed by atoms with Crippen molar-refractivity contribution in [2.45, 2.75) is 18.9 Å². The molecular formula is C13H15F2N5. The molecule has 0 bridgehead atoms. The smallest absolute Gasteiger partial charge is 0.221 e. The molecule has 1 aromatic heterocycles. The van der Waals surface area contributed by atoms with Crippen molar-refractivity contribution in [3.8, 4) is 0 Å². The number of aromatic nitrogens is 3. The number of hydrogen-bond acceptors (Lipinski definition) is 4. The average Bonchev–Trinajstić information content (AvgIpc) is 2.82. The van der Waals surface area contributed by atoms with Gasteiger partial charge in [0.15, 0.2) is 5.82 Å². The molecule has 2 heterocycles. The highest BCUT2D eigenvalue weighted by Crippen LogP contribution is 2.31. The van der Waals surface area contributed by atoms with Crippen LogP contribution in [0.15, 0.2) is 18.2 Å². The molecule has 20 heavy (non-hydrogen) atoms. The van der Waals surface area contributed by atoms with Gasteiger partial charge in [-0.15, -0.1) is 0 Å². The van der Waals surface area contributed by atoms with Crippen molar-refractivity contribution in [1.29, 1.82) is 0 Å². The van der Waals surface area contributed by atoms with Gasteiger partial charge in [-0.25, -0.2) is 13.5 Å². The van der Waals surface area contributed by atoms with Crippen molar-refractivity contribution in [2.24, 2.45) is 5.73 Å². The van der Waals surface area contributed by atoms with Crippen LogP contribution in [0.5, 0.6) is 0 Å². The lowest BCUT2D eigenvalue weighted by Crippen LogP contribution is -2.26. The van der Waals surface area contributed by atoms with Gasteiger partial charge in [0.25, 0.3) is 0 Å². The highest BCUT2D eigenvalue weighted by molar-refractivity contribution is 5.34. The zero-order chi connectivity index (χ0) is 14.1. The molecule has 106 valence electrons. The molecule has 3 N–H and O–H groups in total. The van der Waals surface area contributed by atoms with Crippen LogP contribution in [0.3, 0.4) is 0 Å². The minimum absolute atomic E-state index is 0.0412. The summed E-state index contributed by atoms with van der Waals surface area (Å²) in [4.78, 5) is 4.29. The topological polar surface area (TPSA) is 68.8 Å². The maximum absolute atomic E-state index is 13.9. The lowest BCUT2D eigenvalue weighted by molar-refractivity contribution is 0.431. The van der Waals surface area contributed by atoms with Crippen LogP contribution in [0.4, 0.5) is 14.7 Å². The van der Waals surface area contributed by atoms with E-state index in [0.29, 0.717) is 37.7 Å². The Bertz CT molecular complexity index is 605. The lowest BCUT2D eigenvalue weighted by atomic mass is 10.0. The van der Waals surface area contributed by atoms with E-state index in [2.05, 4.69) is 15.4 Å². The second kappa shape index (κ2) is 5.16. The highest BCUT2D eigenvalue weighted by Gasteiger charge is 2.28. The summed E-state index contributed by atoms with van der Waals surface area (Å²) < 4.78 is 29.4. The quantitative estimate of drug-likeness (QED) is 0.892. The zero-order valence-corrected chi connectivity index (χ0v) is 10.8. The molecule has 0 amide bonds. The number of nitrogens with two attached hydrogens (primary N) is 1. The van der Waals surface area contributed by atoms with Gasteiger partial charge in [-0.1, -0.05) is 6.07 Å². The van der Waals surface area contributed by atoms with Crippen LogP contribution in [-0.4, -0.2) is 27.9 Å². The average molecular weight is 279 g/mol. The normalized spacial score (nSPS) is 17.6. The van der Waals surface area contributed by atoms with Gasteiger partial charge in [-0.2, -0.15) is 10.1 Å². The summed E-state index contributed by atoms with van der Waals surface area (Å²) in [5.74, 6) is 0.00319. The maximum atomic E-state index is 13.9. The highest BCUT2D eigenvalue weighted by atomic mass is 19.1. The van der Waals surface area contributed by atoms with Gasteiger partial charge >= 0.3 is 0 Å². The molecular weight excluding hydrogens is 264 g/mol. The van der Waals surface area contributed by atoms with E-state index < -0.39 is 17.7 Å². The summed E-state index contributed by atoms with van der Waals surface area (Å²) in [6.07, 6.45) is 1.09. The molecule has 1 aliphatic heterocycles. The van der Waals surface area contributed by atoms with Gasteiger partial charge in [0.05, 0.1) is 6.04 Å². The SMILES string of the molecule is NCCc1nc2n(n1)C(c1c(F)cccc1F)CCN2. The fourth-order valence-corrected chi connectivity index (χ4v) is 2.48. The Labute approximate surface area is 114 Å². The van der Waals surface area contributed by atoms with Gasteiger partial charge < -0.3 is 11.1 Å². The molecule has 0 saturated carbocycles. The summed E-state index contributed by atoms with van der Waals surface area (Å²) in [6, 6.07) is 3.40. The number of anilines is 1. The summed E-state index contributed by atoms with van der Waals surface area (Å²) in [7, 11) is 0. The number of fused-ring (bicyclic) bond motifs is 1. The minimum Gasteiger partial charge on any atom is -0.354 e. The number of hydrogen-bond donors (Lipinski definition) is 2. The molecule has 0 aliphatic carbocycles. The van der Waals surface area contributed by atoms with E-state index >= 15 is 0 Å². The van der Waals surface area contributed by atoms with Gasteiger partial charge in [0.1, 0.15) is 11.6 Å². The summed E-state index contributed by atoms with van der Waals surface area (Å²) in [5, 5.41) is 7.39. The number of benzene rings is 1. The summed E-state index contributed by atoms with van der Waals surface area (Å²) in [5.41, 5.74) is 5.52. The van der Waals surface area contributed by atoms with Crippen LogP contribution in [0.25, 0.3) is 0 Å². The molecule has 3 rings (SSSR count). The van der Waals surface area contributed by atoms with Crippen LogP contribution in [-0.2, 0) is 6.42 Å². The van der Waals surface area contributed by atoms with E-state index in [1.807, 2.05) is 0 Å². The van der Waals surface area contributed by atoms with Gasteiger partial charge in [0, 0.05) is 18.5 Å². The van der Waals surface area contributed by atoms with E-state index in [4.69, 9.17) is 5.73 Å². The first-order chi connectivity index (χ1) is 9.70. The Balaban J connectivity index is 2.05. The van der Waals surface area contributed by atoms with Crippen molar-refractivity contribution >= 4 is 5.95 Å². The monoisotopic (exact) mass is 279 g/mol. The van der Waals surface area contributed by atoms with Crippen LogP contribution < -0.4 is 11.1 Å². The first kappa shape index (κ1) is 13.0. The van der Waals surface area contributed by atoms with Gasteiger partial charge in [-0.3, -0.25) is 0 Å². The molecule has 1 aromatic carbocycles. The predicted octanol–water partition coefficient (Wildman–Crippen LogP) is 1.46. The fraction of sp³-hybridized carbons (Fsp3) is 0.385. The Morgan fingerprint density at radius 1 is 1.35 bits per heavy atom. The van der Waals surface area contributed by atoms with Gasteiger partial charge in [-0.05, 0) is 25.1 Å². The molecule has 5 nitrogen and oxygen atoms in total. The Morgan fingerprint density at radius 3 is 2.80 bits per heavy atom. The molecule has 2 aromatic rings. The molecule has 7 heteroatoms. The minimum atomic E-state index is -0.557. The molecule has 1 atom stereocenters. The Kier molecular flexibility index (Phi) is 3.35. The van der Waals surface area contributed by atoms with E-state index in [1.165, 1.54) is 18.2 Å². The Hall–Kier alpha value is -2.02. The van der Waals surface area contributed by atoms with Crippen LogP contribution in [0.1, 0.15) is 23.9 Å².